The van der Waals surface area contributed by atoms with Crippen molar-refractivity contribution in [2.24, 2.45) is 0 Å². The fourth-order valence-electron chi connectivity index (χ4n) is 0.881. The minimum atomic E-state index is -0.353. The molecule has 3 nitrogen and oxygen atoms in total. The maximum atomic E-state index is 9.22. The second kappa shape index (κ2) is 3.05. The van der Waals surface area contributed by atoms with Crippen LogP contribution >= 0.6 is 0 Å². The van der Waals surface area contributed by atoms with Gasteiger partial charge in [-0.3, -0.25) is 4.68 Å². The molecule has 0 unspecified atom stereocenters. The van der Waals surface area contributed by atoms with Gasteiger partial charge in [0.15, 0.2) is 0 Å². The molecular weight excluding hydrogens is 140 g/mol. The molecule has 0 spiro atoms. The van der Waals surface area contributed by atoms with Gasteiger partial charge < -0.3 is 5.11 Å². The van der Waals surface area contributed by atoms with Crippen LogP contribution in [-0.4, -0.2) is 21.0 Å². The zero-order valence-corrected chi connectivity index (χ0v) is 7.15. The number of hydrogen-bond acceptors (Lipinski definition) is 2. The van der Waals surface area contributed by atoms with Gasteiger partial charge in [0, 0.05) is 6.20 Å². The van der Waals surface area contributed by atoms with E-state index in [2.05, 4.69) is 5.10 Å². The van der Waals surface area contributed by atoms with Gasteiger partial charge in [0.25, 0.3) is 0 Å². The molecule has 1 N–H and O–H groups in total. The lowest BCUT2D eigenvalue weighted by atomic mass is 10.2. The third-order valence-electron chi connectivity index (χ3n) is 1.86. The fourth-order valence-corrected chi connectivity index (χ4v) is 0.881. The molecule has 2 atom stereocenters. The van der Waals surface area contributed by atoms with Crippen molar-refractivity contribution >= 4 is 0 Å². The molecule has 0 fully saturated rings. The fraction of sp³-hybridized carbons (Fsp3) is 0.625. The first-order valence-electron chi connectivity index (χ1n) is 3.81. The molecule has 0 aliphatic rings. The van der Waals surface area contributed by atoms with Gasteiger partial charge in [0.2, 0.25) is 0 Å². The average Bonchev–Trinajstić information content (AvgIpc) is 2.34. The summed E-state index contributed by atoms with van der Waals surface area (Å²) in [6.07, 6.45) is 1.53. The van der Waals surface area contributed by atoms with Gasteiger partial charge in [-0.05, 0) is 26.8 Å². The highest BCUT2D eigenvalue weighted by Crippen LogP contribution is 2.09. The zero-order chi connectivity index (χ0) is 8.43. The van der Waals surface area contributed by atoms with Crippen LogP contribution < -0.4 is 0 Å². The van der Waals surface area contributed by atoms with Gasteiger partial charge in [0.05, 0.1) is 17.8 Å². The minimum absolute atomic E-state index is 0.0590. The lowest BCUT2D eigenvalue weighted by Crippen LogP contribution is -2.18. The van der Waals surface area contributed by atoms with Crippen LogP contribution in [0.1, 0.15) is 25.6 Å². The molecular formula is C8H14N2O. The molecule has 11 heavy (non-hydrogen) atoms. The molecule has 62 valence electrons. The molecule has 0 saturated heterocycles. The molecule has 0 aromatic carbocycles. The van der Waals surface area contributed by atoms with E-state index in [0.717, 1.165) is 5.69 Å². The van der Waals surface area contributed by atoms with Crippen molar-refractivity contribution in [2.45, 2.75) is 32.9 Å². The molecule has 0 aliphatic heterocycles. The summed E-state index contributed by atoms with van der Waals surface area (Å²) >= 11 is 0. The smallest absolute Gasteiger partial charge is 0.0747 e. The van der Waals surface area contributed by atoms with Crippen LogP contribution in [0.2, 0.25) is 0 Å². The Bertz CT molecular complexity index is 230. The largest absolute Gasteiger partial charge is 0.391 e. The van der Waals surface area contributed by atoms with Gasteiger partial charge in [-0.2, -0.15) is 5.10 Å². The van der Waals surface area contributed by atoms with Crippen LogP contribution in [0.5, 0.6) is 0 Å². The van der Waals surface area contributed by atoms with Crippen molar-refractivity contribution in [3.8, 4) is 0 Å². The molecule has 1 aromatic rings. The quantitative estimate of drug-likeness (QED) is 0.693. The second-order valence-corrected chi connectivity index (χ2v) is 2.92. The summed E-state index contributed by atoms with van der Waals surface area (Å²) in [5.74, 6) is 0. The summed E-state index contributed by atoms with van der Waals surface area (Å²) in [6, 6.07) is 1.99. The van der Waals surface area contributed by atoms with Crippen molar-refractivity contribution in [3.63, 3.8) is 0 Å². The summed E-state index contributed by atoms with van der Waals surface area (Å²) in [5.41, 5.74) is 0.984. The van der Waals surface area contributed by atoms with E-state index >= 15 is 0 Å². The SMILES string of the molecule is Cc1ccn([C@H](C)[C@H](C)O)n1. The standard InChI is InChI=1S/C8H14N2O/c1-6-4-5-10(9-6)7(2)8(3)11/h4-5,7-8,11H,1-3H3/t7-,8+/m1/s1. The summed E-state index contributed by atoms with van der Waals surface area (Å²) < 4.78 is 1.78. The molecule has 0 aliphatic carbocycles. The number of aromatic nitrogens is 2. The van der Waals surface area contributed by atoms with Crippen molar-refractivity contribution in [2.75, 3.05) is 0 Å². The summed E-state index contributed by atoms with van der Waals surface area (Å²) in [5, 5.41) is 13.4. The lowest BCUT2D eigenvalue weighted by Gasteiger charge is -2.14. The monoisotopic (exact) mass is 154 g/mol. The maximum Gasteiger partial charge on any atom is 0.0747 e. The van der Waals surface area contributed by atoms with Gasteiger partial charge >= 0.3 is 0 Å². The summed E-state index contributed by atoms with van der Waals surface area (Å²) in [7, 11) is 0. The molecule has 0 saturated carbocycles. The predicted molar refractivity (Wildman–Crippen MR) is 43.4 cm³/mol. The van der Waals surface area contributed by atoms with E-state index in [1.54, 1.807) is 11.6 Å². The Labute approximate surface area is 66.7 Å². The number of hydrogen-bond donors (Lipinski definition) is 1. The Morgan fingerprint density at radius 3 is 2.55 bits per heavy atom. The normalized spacial score (nSPS) is 16.4. The van der Waals surface area contributed by atoms with Crippen LogP contribution in [0.4, 0.5) is 0 Å². The zero-order valence-electron chi connectivity index (χ0n) is 7.15. The first-order chi connectivity index (χ1) is 5.11. The Hall–Kier alpha value is -0.830. The van der Waals surface area contributed by atoms with E-state index in [-0.39, 0.29) is 12.1 Å². The van der Waals surface area contributed by atoms with Crippen molar-refractivity contribution < 1.29 is 5.11 Å². The topological polar surface area (TPSA) is 38.0 Å². The van der Waals surface area contributed by atoms with E-state index in [1.807, 2.05) is 26.1 Å². The first-order valence-corrected chi connectivity index (χ1v) is 3.81. The minimum Gasteiger partial charge on any atom is -0.391 e. The van der Waals surface area contributed by atoms with Crippen LogP contribution in [0.25, 0.3) is 0 Å². The third kappa shape index (κ3) is 1.80. The van der Waals surface area contributed by atoms with Gasteiger partial charge in [-0.15, -0.1) is 0 Å². The molecule has 1 rings (SSSR count). The average molecular weight is 154 g/mol. The molecule has 0 radical (unpaired) electrons. The van der Waals surface area contributed by atoms with Crippen LogP contribution in [0, 0.1) is 6.92 Å². The van der Waals surface area contributed by atoms with Crippen LogP contribution in [-0.2, 0) is 0 Å². The number of aliphatic hydroxyl groups excluding tert-OH is 1. The number of rotatable bonds is 2. The molecule has 0 amide bonds. The molecule has 1 heterocycles. The Balaban J connectivity index is 2.76. The highest BCUT2D eigenvalue weighted by Gasteiger charge is 2.10. The molecule has 1 aromatic heterocycles. The number of aliphatic hydroxyl groups is 1. The third-order valence-corrected chi connectivity index (χ3v) is 1.86. The number of aryl methyl sites for hydroxylation is 1. The van der Waals surface area contributed by atoms with E-state index < -0.39 is 0 Å². The van der Waals surface area contributed by atoms with Gasteiger partial charge in [-0.1, -0.05) is 0 Å². The van der Waals surface area contributed by atoms with Crippen molar-refractivity contribution in [1.29, 1.82) is 0 Å². The maximum absolute atomic E-state index is 9.22. The first kappa shape index (κ1) is 8.27. The van der Waals surface area contributed by atoms with Crippen LogP contribution in [0.3, 0.4) is 0 Å². The van der Waals surface area contributed by atoms with E-state index in [9.17, 15) is 5.11 Å². The molecule has 0 bridgehead atoms. The Kier molecular flexibility index (Phi) is 2.29. The Morgan fingerprint density at radius 1 is 1.55 bits per heavy atom. The summed E-state index contributed by atoms with van der Waals surface area (Å²) in [6.45, 7) is 5.64. The van der Waals surface area contributed by atoms with Gasteiger partial charge in [0.1, 0.15) is 0 Å². The number of nitrogens with zero attached hydrogens (tertiary/aromatic N) is 2. The Morgan fingerprint density at radius 2 is 2.18 bits per heavy atom. The van der Waals surface area contributed by atoms with Crippen molar-refractivity contribution in [1.82, 2.24) is 9.78 Å². The molecule has 3 heteroatoms. The predicted octanol–water partition coefficient (Wildman–Crippen LogP) is 1.13. The van der Waals surface area contributed by atoms with Crippen molar-refractivity contribution in [3.05, 3.63) is 18.0 Å². The van der Waals surface area contributed by atoms with Gasteiger partial charge in [-0.25, -0.2) is 0 Å². The highest BCUT2D eigenvalue weighted by atomic mass is 16.3. The second-order valence-electron chi connectivity index (χ2n) is 2.92. The lowest BCUT2D eigenvalue weighted by molar-refractivity contribution is 0.132. The summed E-state index contributed by atoms with van der Waals surface area (Å²) in [4.78, 5) is 0. The van der Waals surface area contributed by atoms with E-state index in [4.69, 9.17) is 0 Å². The highest BCUT2D eigenvalue weighted by molar-refractivity contribution is 4.96. The van der Waals surface area contributed by atoms with E-state index in [0.29, 0.717) is 0 Å². The van der Waals surface area contributed by atoms with Crippen LogP contribution in [0.15, 0.2) is 12.3 Å². The van der Waals surface area contributed by atoms with E-state index in [1.165, 1.54) is 0 Å².